The van der Waals surface area contributed by atoms with Crippen LogP contribution in [0.4, 0.5) is 0 Å². The predicted octanol–water partition coefficient (Wildman–Crippen LogP) is 1.13. The maximum Gasteiger partial charge on any atom is 0.259 e. The summed E-state index contributed by atoms with van der Waals surface area (Å²) in [6, 6.07) is 4.77. The van der Waals surface area contributed by atoms with Gasteiger partial charge in [-0.1, -0.05) is 18.8 Å². The van der Waals surface area contributed by atoms with Crippen LogP contribution in [0.2, 0.25) is 0 Å². The van der Waals surface area contributed by atoms with Gasteiger partial charge in [-0.2, -0.15) is 0 Å². The van der Waals surface area contributed by atoms with Crippen LogP contribution in [0.15, 0.2) is 36.8 Å². The second kappa shape index (κ2) is 11.8. The fourth-order valence-electron chi connectivity index (χ4n) is 3.76. The Balaban J connectivity index is 1.89. The topological polar surface area (TPSA) is 116 Å². The molecule has 0 radical (unpaired) electrons. The van der Waals surface area contributed by atoms with Crippen LogP contribution in [0, 0.1) is 17.8 Å². The van der Waals surface area contributed by atoms with E-state index in [1.165, 1.54) is 6.20 Å². The smallest absolute Gasteiger partial charge is 0.259 e. The summed E-state index contributed by atoms with van der Waals surface area (Å²) >= 11 is 0. The van der Waals surface area contributed by atoms with E-state index in [4.69, 9.17) is 4.74 Å². The van der Waals surface area contributed by atoms with Gasteiger partial charge in [0.2, 0.25) is 11.8 Å². The normalized spacial score (nSPS) is 19.3. The summed E-state index contributed by atoms with van der Waals surface area (Å²) < 4.78 is 6.21. The zero-order chi connectivity index (χ0) is 25.5. The molecule has 9 heteroatoms. The summed E-state index contributed by atoms with van der Waals surface area (Å²) in [5.41, 5.74) is 1.56. The van der Waals surface area contributed by atoms with E-state index in [2.05, 4.69) is 21.8 Å². The molecule has 2 N–H and O–H groups in total. The fourth-order valence-corrected chi connectivity index (χ4v) is 3.76. The van der Waals surface area contributed by atoms with E-state index < -0.39 is 18.2 Å². The first-order valence-electron chi connectivity index (χ1n) is 11.6. The fraction of sp³-hybridized carbons (Fsp3) is 0.462. The van der Waals surface area contributed by atoms with Crippen molar-refractivity contribution in [3.05, 3.63) is 53.5 Å². The molecule has 0 spiro atoms. The number of carbonyl (C=O) groups is 2. The molecule has 0 saturated carbocycles. The highest BCUT2D eigenvalue weighted by atomic mass is 16.5. The molecule has 2 aromatic rings. The van der Waals surface area contributed by atoms with Gasteiger partial charge in [0.1, 0.15) is 17.8 Å². The number of fused-ring (bicyclic) bond motifs is 1. The van der Waals surface area contributed by atoms with E-state index in [-0.39, 0.29) is 42.2 Å². The van der Waals surface area contributed by atoms with E-state index in [0.29, 0.717) is 18.7 Å². The van der Waals surface area contributed by atoms with Gasteiger partial charge in [-0.05, 0) is 37.6 Å². The Kier molecular flexibility index (Phi) is 8.79. The summed E-state index contributed by atoms with van der Waals surface area (Å²) in [6.45, 7) is 5.70. The second-order valence-electron chi connectivity index (χ2n) is 8.95. The lowest BCUT2D eigenvalue weighted by molar-refractivity contribution is -0.130. The Hall–Kier alpha value is -3.48. The summed E-state index contributed by atoms with van der Waals surface area (Å²) in [7, 11) is 1.72. The Morgan fingerprint density at radius 1 is 1.34 bits per heavy atom. The van der Waals surface area contributed by atoms with Crippen molar-refractivity contribution in [2.45, 2.75) is 45.4 Å². The zero-order valence-electron chi connectivity index (χ0n) is 20.5. The number of aliphatic hydroxyl groups excluding tert-OH is 2. The molecule has 4 atom stereocenters. The lowest BCUT2D eigenvalue weighted by Gasteiger charge is -2.37. The lowest BCUT2D eigenvalue weighted by atomic mass is 9.99. The molecule has 0 aliphatic carbocycles. The molecule has 2 amide bonds. The molecule has 3 heterocycles. The summed E-state index contributed by atoms with van der Waals surface area (Å²) in [4.78, 5) is 37.8. The molecule has 0 bridgehead atoms. The Morgan fingerprint density at radius 3 is 2.71 bits per heavy atom. The first-order chi connectivity index (χ1) is 16.7. The highest BCUT2D eigenvalue weighted by Gasteiger charge is 2.34. The standard InChI is InChI=1S/C26H32N4O5/c1-17-14-30(18(2)16-31)26(34)22-11-21(6-5-19(3)32)13-28-25(22)35-23(17)15-29(4)24(33)12-20-7-9-27-10-8-20/h7-11,13,17-19,23,31-32H,12,14-16H2,1-4H3/t17-,18+,19-,23+/m1/s1. The quantitative estimate of drug-likeness (QED) is 0.596. The molecule has 186 valence electrons. The van der Waals surface area contributed by atoms with Crippen LogP contribution >= 0.6 is 0 Å². The molecular weight excluding hydrogens is 448 g/mol. The minimum Gasteiger partial charge on any atom is -0.472 e. The van der Waals surface area contributed by atoms with Crippen LogP contribution in [0.3, 0.4) is 0 Å². The number of pyridine rings is 2. The van der Waals surface area contributed by atoms with Gasteiger partial charge in [-0.25, -0.2) is 4.98 Å². The van der Waals surface area contributed by atoms with Crippen molar-refractivity contribution in [3.63, 3.8) is 0 Å². The van der Waals surface area contributed by atoms with E-state index in [0.717, 1.165) is 5.56 Å². The second-order valence-corrected chi connectivity index (χ2v) is 8.95. The van der Waals surface area contributed by atoms with Gasteiger partial charge < -0.3 is 24.7 Å². The number of hydrogen-bond acceptors (Lipinski definition) is 7. The van der Waals surface area contributed by atoms with E-state index in [1.54, 1.807) is 61.3 Å². The van der Waals surface area contributed by atoms with Crippen molar-refractivity contribution in [1.82, 2.24) is 19.8 Å². The highest BCUT2D eigenvalue weighted by molar-refractivity contribution is 5.97. The van der Waals surface area contributed by atoms with Crippen molar-refractivity contribution >= 4 is 11.8 Å². The summed E-state index contributed by atoms with van der Waals surface area (Å²) in [6.07, 6.45) is 3.77. The molecule has 0 saturated heterocycles. The van der Waals surface area contributed by atoms with Crippen molar-refractivity contribution in [2.75, 3.05) is 26.7 Å². The van der Waals surface area contributed by atoms with E-state index in [9.17, 15) is 19.8 Å². The van der Waals surface area contributed by atoms with Crippen molar-refractivity contribution in [1.29, 1.82) is 0 Å². The maximum absolute atomic E-state index is 13.4. The van der Waals surface area contributed by atoms with Gasteiger partial charge >= 0.3 is 0 Å². The maximum atomic E-state index is 13.4. The van der Waals surface area contributed by atoms with Gasteiger partial charge in [0.25, 0.3) is 5.91 Å². The van der Waals surface area contributed by atoms with Crippen molar-refractivity contribution in [3.8, 4) is 17.7 Å². The first-order valence-corrected chi connectivity index (χ1v) is 11.6. The number of aliphatic hydroxyl groups is 2. The number of aromatic nitrogens is 2. The Labute approximate surface area is 205 Å². The number of nitrogens with zero attached hydrogens (tertiary/aromatic N) is 4. The lowest BCUT2D eigenvalue weighted by Crippen LogP contribution is -2.50. The molecule has 1 aliphatic rings. The van der Waals surface area contributed by atoms with Crippen LogP contribution in [0.5, 0.6) is 5.88 Å². The van der Waals surface area contributed by atoms with Crippen LogP contribution in [-0.4, -0.2) is 86.8 Å². The van der Waals surface area contributed by atoms with E-state index in [1.807, 2.05) is 6.92 Å². The molecule has 9 nitrogen and oxygen atoms in total. The van der Waals surface area contributed by atoms with Crippen molar-refractivity contribution < 1.29 is 24.5 Å². The monoisotopic (exact) mass is 480 g/mol. The van der Waals surface area contributed by atoms with Crippen LogP contribution < -0.4 is 4.74 Å². The number of likely N-dealkylation sites (N-methyl/N-ethyl adjacent to an activating group) is 1. The molecule has 1 aliphatic heterocycles. The number of rotatable bonds is 6. The molecule has 0 aromatic carbocycles. The van der Waals surface area contributed by atoms with E-state index >= 15 is 0 Å². The Morgan fingerprint density at radius 2 is 2.06 bits per heavy atom. The number of hydrogen-bond donors (Lipinski definition) is 2. The van der Waals surface area contributed by atoms with Gasteiger partial charge in [-0.15, -0.1) is 0 Å². The van der Waals surface area contributed by atoms with Crippen LogP contribution in [0.1, 0.15) is 42.3 Å². The van der Waals surface area contributed by atoms with Gasteiger partial charge in [0.05, 0.1) is 25.6 Å². The molecule has 0 unspecified atom stereocenters. The van der Waals surface area contributed by atoms with Gasteiger partial charge in [0.15, 0.2) is 0 Å². The largest absolute Gasteiger partial charge is 0.472 e. The summed E-state index contributed by atoms with van der Waals surface area (Å²) in [5, 5.41) is 19.2. The summed E-state index contributed by atoms with van der Waals surface area (Å²) in [5.74, 6) is 5.07. The van der Waals surface area contributed by atoms with Gasteiger partial charge in [0, 0.05) is 43.7 Å². The SMILES string of the molecule is C[C@@H]1CN([C@@H](C)CO)C(=O)c2cc(C#C[C@@H](C)O)cnc2O[C@H]1CN(C)C(=O)Cc1ccncc1. The molecule has 35 heavy (non-hydrogen) atoms. The molecular formula is C26H32N4O5. The average Bonchev–Trinajstić information content (AvgIpc) is 2.84. The van der Waals surface area contributed by atoms with Crippen LogP contribution in [0.25, 0.3) is 0 Å². The third kappa shape index (κ3) is 6.78. The molecule has 2 aromatic heterocycles. The zero-order valence-corrected chi connectivity index (χ0v) is 20.5. The molecule has 3 rings (SSSR count). The number of ether oxygens (including phenoxy) is 1. The third-order valence-corrected chi connectivity index (χ3v) is 5.93. The first kappa shape index (κ1) is 26.1. The van der Waals surface area contributed by atoms with Crippen molar-refractivity contribution in [2.24, 2.45) is 5.92 Å². The third-order valence-electron chi connectivity index (χ3n) is 5.93. The van der Waals surface area contributed by atoms with Crippen LogP contribution in [-0.2, 0) is 11.2 Å². The predicted molar refractivity (Wildman–Crippen MR) is 130 cm³/mol. The van der Waals surface area contributed by atoms with Gasteiger partial charge in [-0.3, -0.25) is 14.6 Å². The number of carbonyl (C=O) groups excluding carboxylic acids is 2. The Bertz CT molecular complexity index is 1100. The minimum absolute atomic E-state index is 0.0670. The average molecular weight is 481 g/mol. The minimum atomic E-state index is -0.819. The molecule has 0 fully saturated rings. The number of amides is 2. The highest BCUT2D eigenvalue weighted by Crippen LogP contribution is 2.27.